The van der Waals surface area contributed by atoms with E-state index in [1.54, 1.807) is 6.26 Å². The molecule has 1 aliphatic heterocycles. The molecule has 0 unspecified atom stereocenters. The molecular weight excluding hydrogens is 359 g/mol. The predicted octanol–water partition coefficient (Wildman–Crippen LogP) is 2.97. The first kappa shape index (κ1) is 18.6. The van der Waals surface area contributed by atoms with E-state index in [0.717, 1.165) is 43.5 Å². The fourth-order valence-electron chi connectivity index (χ4n) is 3.88. The summed E-state index contributed by atoms with van der Waals surface area (Å²) in [6, 6.07) is 10.6. The number of halogens is 1. The number of hydrogen-bond acceptors (Lipinski definition) is 6. The number of benzene rings is 1. The van der Waals surface area contributed by atoms with Crippen molar-refractivity contribution in [2.24, 2.45) is 5.92 Å². The van der Waals surface area contributed by atoms with E-state index >= 15 is 0 Å². The lowest BCUT2D eigenvalue weighted by Gasteiger charge is -2.41. The van der Waals surface area contributed by atoms with E-state index < -0.39 is 0 Å². The van der Waals surface area contributed by atoms with Crippen molar-refractivity contribution in [2.75, 3.05) is 31.1 Å². The number of rotatable bonds is 6. The Kier molecular flexibility index (Phi) is 5.38. The summed E-state index contributed by atoms with van der Waals surface area (Å²) >= 11 is 0. The molecule has 1 aliphatic rings. The van der Waals surface area contributed by atoms with E-state index in [0.29, 0.717) is 12.5 Å². The van der Waals surface area contributed by atoms with Gasteiger partial charge in [-0.15, -0.1) is 5.10 Å². The SMILES string of the molecule is CC(C)[C@H](c1nnnn1Cc1ccco1)N1CCN(c2ccc(F)cc2)CC1. The molecule has 1 saturated heterocycles. The maximum Gasteiger partial charge on any atom is 0.169 e. The van der Waals surface area contributed by atoms with Crippen molar-refractivity contribution >= 4 is 5.69 Å². The van der Waals surface area contributed by atoms with E-state index in [9.17, 15) is 4.39 Å². The molecule has 0 amide bonds. The Hall–Kier alpha value is -2.74. The van der Waals surface area contributed by atoms with Gasteiger partial charge in [0.2, 0.25) is 0 Å². The van der Waals surface area contributed by atoms with Gasteiger partial charge in [-0.25, -0.2) is 9.07 Å². The molecule has 1 atom stereocenters. The fourth-order valence-corrected chi connectivity index (χ4v) is 3.88. The maximum atomic E-state index is 13.2. The van der Waals surface area contributed by atoms with Gasteiger partial charge < -0.3 is 9.32 Å². The third-order valence-corrected chi connectivity index (χ3v) is 5.24. The lowest BCUT2D eigenvalue weighted by atomic mass is 10.0. The smallest absolute Gasteiger partial charge is 0.169 e. The van der Waals surface area contributed by atoms with Gasteiger partial charge in [0.05, 0.1) is 12.3 Å². The fraction of sp³-hybridized carbons (Fsp3) is 0.450. The molecule has 0 spiro atoms. The average molecular weight is 384 g/mol. The van der Waals surface area contributed by atoms with Crippen LogP contribution < -0.4 is 4.90 Å². The Labute approximate surface area is 163 Å². The minimum absolute atomic E-state index is 0.125. The summed E-state index contributed by atoms with van der Waals surface area (Å²) in [4.78, 5) is 4.73. The molecule has 0 N–H and O–H groups in total. The van der Waals surface area contributed by atoms with Crippen LogP contribution in [0, 0.1) is 11.7 Å². The van der Waals surface area contributed by atoms with E-state index in [4.69, 9.17) is 4.42 Å². The Morgan fingerprint density at radius 3 is 2.46 bits per heavy atom. The third kappa shape index (κ3) is 3.91. The first-order valence-corrected chi connectivity index (χ1v) is 9.65. The molecule has 4 rings (SSSR count). The van der Waals surface area contributed by atoms with Crippen molar-refractivity contribution in [3.05, 3.63) is 60.1 Å². The molecule has 0 saturated carbocycles. The van der Waals surface area contributed by atoms with Crippen LogP contribution in [0.4, 0.5) is 10.1 Å². The van der Waals surface area contributed by atoms with Crippen molar-refractivity contribution in [3.8, 4) is 0 Å². The Balaban J connectivity index is 1.48. The predicted molar refractivity (Wildman–Crippen MR) is 103 cm³/mol. The molecule has 2 aromatic heterocycles. The van der Waals surface area contributed by atoms with Crippen LogP contribution in [0.5, 0.6) is 0 Å². The lowest BCUT2D eigenvalue weighted by molar-refractivity contribution is 0.135. The second-order valence-electron chi connectivity index (χ2n) is 7.46. The summed E-state index contributed by atoms with van der Waals surface area (Å²) in [6.45, 7) is 8.48. The zero-order valence-corrected chi connectivity index (χ0v) is 16.2. The maximum absolute atomic E-state index is 13.2. The van der Waals surface area contributed by atoms with Crippen LogP contribution in [0.1, 0.15) is 31.5 Å². The van der Waals surface area contributed by atoms with Crippen molar-refractivity contribution < 1.29 is 8.81 Å². The zero-order chi connectivity index (χ0) is 19.5. The lowest BCUT2D eigenvalue weighted by Crippen LogP contribution is -2.49. The molecule has 8 heteroatoms. The molecule has 3 heterocycles. The van der Waals surface area contributed by atoms with E-state index in [1.807, 2.05) is 28.9 Å². The number of hydrogen-bond donors (Lipinski definition) is 0. The van der Waals surface area contributed by atoms with Gasteiger partial charge in [-0.05, 0) is 52.7 Å². The van der Waals surface area contributed by atoms with Gasteiger partial charge in [-0.1, -0.05) is 13.8 Å². The number of tetrazole rings is 1. The molecule has 1 aromatic carbocycles. The number of furan rings is 1. The van der Waals surface area contributed by atoms with Crippen LogP contribution in [0.3, 0.4) is 0 Å². The highest BCUT2D eigenvalue weighted by molar-refractivity contribution is 5.46. The molecule has 7 nitrogen and oxygen atoms in total. The monoisotopic (exact) mass is 384 g/mol. The minimum atomic E-state index is -0.203. The van der Waals surface area contributed by atoms with Crippen LogP contribution in [0.2, 0.25) is 0 Å². The zero-order valence-electron chi connectivity index (χ0n) is 16.2. The molecule has 28 heavy (non-hydrogen) atoms. The quantitative estimate of drug-likeness (QED) is 0.651. The average Bonchev–Trinajstić information content (AvgIpc) is 3.36. The second kappa shape index (κ2) is 8.10. The van der Waals surface area contributed by atoms with Gasteiger partial charge in [0.25, 0.3) is 0 Å². The Bertz CT molecular complexity index is 869. The number of piperazine rings is 1. The highest BCUT2D eigenvalue weighted by Gasteiger charge is 2.31. The Morgan fingerprint density at radius 1 is 1.07 bits per heavy atom. The topological polar surface area (TPSA) is 63.2 Å². The van der Waals surface area contributed by atoms with E-state index in [-0.39, 0.29) is 11.9 Å². The standard InChI is InChI=1S/C20H25FN6O/c1-15(2)19(20-22-23-24-27(20)14-18-4-3-13-28-18)26-11-9-25(10-12-26)17-7-5-16(21)6-8-17/h3-8,13,15,19H,9-12,14H2,1-2H3/t19-/m1/s1. The summed E-state index contributed by atoms with van der Waals surface area (Å²) in [7, 11) is 0. The van der Waals surface area contributed by atoms with Gasteiger partial charge in [-0.2, -0.15) is 0 Å². The second-order valence-corrected chi connectivity index (χ2v) is 7.46. The van der Waals surface area contributed by atoms with Crippen molar-refractivity contribution in [2.45, 2.75) is 26.4 Å². The van der Waals surface area contributed by atoms with Gasteiger partial charge in [0.1, 0.15) is 18.1 Å². The van der Waals surface area contributed by atoms with E-state index in [2.05, 4.69) is 39.2 Å². The first-order chi connectivity index (χ1) is 13.6. The van der Waals surface area contributed by atoms with Gasteiger partial charge in [-0.3, -0.25) is 4.90 Å². The molecule has 0 aliphatic carbocycles. The van der Waals surface area contributed by atoms with Crippen LogP contribution >= 0.6 is 0 Å². The molecular formula is C20H25FN6O. The van der Waals surface area contributed by atoms with Crippen LogP contribution in [0.15, 0.2) is 47.1 Å². The van der Waals surface area contributed by atoms with E-state index in [1.165, 1.54) is 12.1 Å². The number of anilines is 1. The molecule has 0 radical (unpaired) electrons. The number of nitrogens with zero attached hydrogens (tertiary/aromatic N) is 6. The summed E-state index contributed by atoms with van der Waals surface area (Å²) in [6.07, 6.45) is 1.66. The Morgan fingerprint density at radius 2 is 1.82 bits per heavy atom. The third-order valence-electron chi connectivity index (χ3n) is 5.24. The normalized spacial score (nSPS) is 16.6. The summed E-state index contributed by atoms with van der Waals surface area (Å²) < 4.78 is 20.5. The van der Waals surface area contributed by atoms with Crippen molar-refractivity contribution in [1.82, 2.24) is 25.1 Å². The van der Waals surface area contributed by atoms with Crippen molar-refractivity contribution in [1.29, 1.82) is 0 Å². The molecule has 0 bridgehead atoms. The summed E-state index contributed by atoms with van der Waals surface area (Å²) in [5, 5.41) is 12.4. The van der Waals surface area contributed by atoms with Crippen LogP contribution in [-0.2, 0) is 6.54 Å². The molecule has 148 valence electrons. The number of aromatic nitrogens is 4. The van der Waals surface area contributed by atoms with Crippen LogP contribution in [0.25, 0.3) is 0 Å². The molecule has 1 fully saturated rings. The van der Waals surface area contributed by atoms with Crippen molar-refractivity contribution in [3.63, 3.8) is 0 Å². The first-order valence-electron chi connectivity index (χ1n) is 9.65. The van der Waals surface area contributed by atoms with Crippen LogP contribution in [-0.4, -0.2) is 51.3 Å². The molecule has 3 aromatic rings. The van der Waals surface area contributed by atoms with Gasteiger partial charge >= 0.3 is 0 Å². The highest BCUT2D eigenvalue weighted by atomic mass is 19.1. The summed E-state index contributed by atoms with van der Waals surface area (Å²) in [5.74, 6) is 1.85. The summed E-state index contributed by atoms with van der Waals surface area (Å²) in [5.41, 5.74) is 1.06. The largest absolute Gasteiger partial charge is 0.467 e. The van der Waals surface area contributed by atoms with Gasteiger partial charge in [0, 0.05) is 31.9 Å². The van der Waals surface area contributed by atoms with Gasteiger partial charge in [0.15, 0.2) is 5.82 Å². The highest BCUT2D eigenvalue weighted by Crippen LogP contribution is 2.29. The minimum Gasteiger partial charge on any atom is -0.467 e.